The second-order valence-corrected chi connectivity index (χ2v) is 5.66. The predicted molar refractivity (Wildman–Crippen MR) is 90.0 cm³/mol. The number of imide groups is 1. The molecule has 1 aliphatic rings. The summed E-state index contributed by atoms with van der Waals surface area (Å²) in [6, 6.07) is 8.81. The number of hydrogen-bond donors (Lipinski definition) is 2. The molecule has 0 aromatic heterocycles. The highest BCUT2D eigenvalue weighted by Gasteiger charge is 2.39. The fourth-order valence-corrected chi connectivity index (χ4v) is 2.84. The maximum atomic E-state index is 12.8. The lowest BCUT2D eigenvalue weighted by Crippen LogP contribution is -2.30. The van der Waals surface area contributed by atoms with E-state index in [1.54, 1.807) is 19.1 Å². The Bertz CT molecular complexity index is 948. The van der Waals surface area contributed by atoms with E-state index in [9.17, 15) is 19.2 Å². The van der Waals surface area contributed by atoms with Crippen molar-refractivity contribution in [1.29, 1.82) is 0 Å². The number of carboxylic acids is 1. The van der Waals surface area contributed by atoms with Gasteiger partial charge in [0, 0.05) is 6.92 Å². The van der Waals surface area contributed by atoms with Crippen LogP contribution >= 0.6 is 0 Å². The van der Waals surface area contributed by atoms with Crippen molar-refractivity contribution in [2.24, 2.45) is 0 Å². The maximum Gasteiger partial charge on any atom is 0.335 e. The van der Waals surface area contributed by atoms with E-state index < -0.39 is 17.8 Å². The molecule has 3 amide bonds. The van der Waals surface area contributed by atoms with Crippen LogP contribution in [-0.2, 0) is 4.79 Å². The number of benzene rings is 2. The lowest BCUT2D eigenvalue weighted by Gasteiger charge is -2.17. The Balaban J connectivity index is 2.09. The number of nitrogens with zero attached hydrogens (tertiary/aromatic N) is 1. The molecule has 0 radical (unpaired) electrons. The van der Waals surface area contributed by atoms with Gasteiger partial charge in [-0.05, 0) is 42.8 Å². The van der Waals surface area contributed by atoms with E-state index in [-0.39, 0.29) is 28.3 Å². The summed E-state index contributed by atoms with van der Waals surface area (Å²) in [6.45, 7) is 2.94. The van der Waals surface area contributed by atoms with Crippen molar-refractivity contribution < 1.29 is 24.3 Å². The molecule has 7 heteroatoms. The van der Waals surface area contributed by atoms with Crippen LogP contribution in [-0.4, -0.2) is 28.8 Å². The third kappa shape index (κ3) is 2.65. The Morgan fingerprint density at radius 3 is 2.40 bits per heavy atom. The molecule has 0 bridgehead atoms. The van der Waals surface area contributed by atoms with Crippen molar-refractivity contribution in [3.63, 3.8) is 0 Å². The number of carbonyl (C=O) groups excluding carboxylic acids is 3. The third-order valence-electron chi connectivity index (χ3n) is 3.91. The first-order chi connectivity index (χ1) is 11.8. The Hall–Kier alpha value is -3.48. The molecule has 2 aromatic carbocycles. The van der Waals surface area contributed by atoms with Crippen LogP contribution in [0.1, 0.15) is 43.6 Å². The maximum absolute atomic E-state index is 12.8. The molecular formula is C18H14N2O5. The number of carboxylic acid groups (broad SMARTS) is 1. The second kappa shape index (κ2) is 5.86. The molecule has 0 saturated heterocycles. The van der Waals surface area contributed by atoms with Crippen LogP contribution in [0, 0.1) is 6.92 Å². The number of amides is 3. The topological polar surface area (TPSA) is 104 Å². The summed E-state index contributed by atoms with van der Waals surface area (Å²) in [4.78, 5) is 48.9. The highest BCUT2D eigenvalue weighted by Crippen LogP contribution is 2.34. The first-order valence-electron chi connectivity index (χ1n) is 7.44. The number of rotatable bonds is 3. The van der Waals surface area contributed by atoms with Crippen molar-refractivity contribution in [3.8, 4) is 0 Å². The number of aromatic carboxylic acids is 1. The van der Waals surface area contributed by atoms with Crippen LogP contribution in [0.5, 0.6) is 0 Å². The molecule has 3 rings (SSSR count). The van der Waals surface area contributed by atoms with Gasteiger partial charge in [0.1, 0.15) is 0 Å². The molecule has 7 nitrogen and oxygen atoms in total. The smallest absolute Gasteiger partial charge is 0.335 e. The van der Waals surface area contributed by atoms with E-state index in [1.165, 1.54) is 31.2 Å². The van der Waals surface area contributed by atoms with Gasteiger partial charge in [0.25, 0.3) is 11.8 Å². The summed E-state index contributed by atoms with van der Waals surface area (Å²) in [5.74, 6) is -2.52. The quantitative estimate of drug-likeness (QED) is 0.837. The summed E-state index contributed by atoms with van der Waals surface area (Å²) in [6.07, 6.45) is 0. The van der Waals surface area contributed by atoms with Gasteiger partial charge in [-0.25, -0.2) is 9.69 Å². The normalized spacial score (nSPS) is 13.0. The number of nitrogens with one attached hydrogen (secondary N) is 1. The standard InChI is InChI=1S/C18H14N2O5/c1-9-8-11(18(24)25)6-7-14(9)20-16(22)12-4-3-5-13(19-10(2)21)15(12)17(20)23/h3-8H,1-2H3,(H,19,21)(H,24,25). The van der Waals surface area contributed by atoms with Crippen LogP contribution in [0.25, 0.3) is 0 Å². The minimum Gasteiger partial charge on any atom is -0.478 e. The van der Waals surface area contributed by atoms with E-state index in [1.807, 2.05) is 0 Å². The summed E-state index contributed by atoms with van der Waals surface area (Å²) in [7, 11) is 0. The van der Waals surface area contributed by atoms with E-state index in [0.717, 1.165) is 4.90 Å². The van der Waals surface area contributed by atoms with Crippen molar-refractivity contribution in [2.45, 2.75) is 13.8 Å². The largest absolute Gasteiger partial charge is 0.478 e. The molecule has 0 aliphatic carbocycles. The SMILES string of the molecule is CC(=O)Nc1cccc2c1C(=O)N(c1ccc(C(=O)O)cc1C)C2=O. The molecule has 2 N–H and O–H groups in total. The van der Waals surface area contributed by atoms with Gasteiger partial charge in [0.05, 0.1) is 28.1 Å². The van der Waals surface area contributed by atoms with Gasteiger partial charge in [-0.1, -0.05) is 6.07 Å². The zero-order valence-corrected chi connectivity index (χ0v) is 13.5. The molecule has 126 valence electrons. The summed E-state index contributed by atoms with van der Waals surface area (Å²) >= 11 is 0. The van der Waals surface area contributed by atoms with Crippen LogP contribution in [0.15, 0.2) is 36.4 Å². The van der Waals surface area contributed by atoms with Crippen molar-refractivity contribution >= 4 is 35.1 Å². The van der Waals surface area contributed by atoms with Gasteiger partial charge in [-0.2, -0.15) is 0 Å². The minimum atomic E-state index is -1.09. The van der Waals surface area contributed by atoms with E-state index >= 15 is 0 Å². The molecule has 1 aliphatic heterocycles. The first kappa shape index (κ1) is 16.4. The number of carbonyl (C=O) groups is 4. The molecule has 1 heterocycles. The van der Waals surface area contributed by atoms with Crippen LogP contribution in [0.4, 0.5) is 11.4 Å². The van der Waals surface area contributed by atoms with Gasteiger partial charge in [0.15, 0.2) is 0 Å². The van der Waals surface area contributed by atoms with Gasteiger partial charge in [-0.15, -0.1) is 0 Å². The van der Waals surface area contributed by atoms with Crippen LogP contribution < -0.4 is 10.2 Å². The summed E-state index contributed by atoms with van der Waals surface area (Å²) in [5.41, 5.74) is 1.45. The minimum absolute atomic E-state index is 0.0665. The van der Waals surface area contributed by atoms with Gasteiger partial charge in [-0.3, -0.25) is 14.4 Å². The fourth-order valence-electron chi connectivity index (χ4n) is 2.84. The monoisotopic (exact) mass is 338 g/mol. The van der Waals surface area contributed by atoms with Gasteiger partial charge in [0.2, 0.25) is 5.91 Å². The Morgan fingerprint density at radius 2 is 1.80 bits per heavy atom. The molecule has 25 heavy (non-hydrogen) atoms. The molecule has 0 spiro atoms. The number of hydrogen-bond acceptors (Lipinski definition) is 4. The fraction of sp³-hybridized carbons (Fsp3) is 0.111. The van der Waals surface area contributed by atoms with Crippen molar-refractivity contribution in [2.75, 3.05) is 10.2 Å². The van der Waals surface area contributed by atoms with E-state index in [4.69, 9.17) is 5.11 Å². The Labute approximate surface area is 142 Å². The molecular weight excluding hydrogens is 324 g/mol. The Kier molecular flexibility index (Phi) is 3.84. The molecule has 0 fully saturated rings. The number of aryl methyl sites for hydroxylation is 1. The van der Waals surface area contributed by atoms with Crippen LogP contribution in [0.3, 0.4) is 0 Å². The first-order valence-corrected chi connectivity index (χ1v) is 7.44. The van der Waals surface area contributed by atoms with Crippen LogP contribution in [0.2, 0.25) is 0 Å². The van der Waals surface area contributed by atoms with E-state index in [2.05, 4.69) is 5.32 Å². The van der Waals surface area contributed by atoms with Gasteiger partial charge < -0.3 is 10.4 Å². The molecule has 2 aromatic rings. The lowest BCUT2D eigenvalue weighted by molar-refractivity contribution is -0.114. The predicted octanol–water partition coefficient (Wildman–Crippen LogP) is 2.45. The third-order valence-corrected chi connectivity index (χ3v) is 3.91. The summed E-state index contributed by atoms with van der Waals surface area (Å²) in [5, 5.41) is 11.6. The average molecular weight is 338 g/mol. The molecule has 0 atom stereocenters. The highest BCUT2D eigenvalue weighted by molar-refractivity contribution is 6.36. The van der Waals surface area contributed by atoms with E-state index in [0.29, 0.717) is 11.3 Å². The zero-order chi connectivity index (χ0) is 18.3. The number of anilines is 2. The molecule has 0 unspecified atom stereocenters. The summed E-state index contributed by atoms with van der Waals surface area (Å²) < 4.78 is 0. The zero-order valence-electron chi connectivity index (χ0n) is 13.5. The Morgan fingerprint density at radius 1 is 1.08 bits per heavy atom. The molecule has 0 saturated carbocycles. The second-order valence-electron chi connectivity index (χ2n) is 5.66. The number of fused-ring (bicyclic) bond motifs is 1. The average Bonchev–Trinajstić information content (AvgIpc) is 2.79. The van der Waals surface area contributed by atoms with Gasteiger partial charge >= 0.3 is 5.97 Å². The van der Waals surface area contributed by atoms with Crippen molar-refractivity contribution in [1.82, 2.24) is 0 Å². The lowest BCUT2D eigenvalue weighted by atomic mass is 10.1. The van der Waals surface area contributed by atoms with Crippen molar-refractivity contribution in [3.05, 3.63) is 58.7 Å². The highest BCUT2D eigenvalue weighted by atomic mass is 16.4.